The minimum Gasteiger partial charge on any atom is -0.477 e. The van der Waals surface area contributed by atoms with E-state index < -0.39 is 18.3 Å². The van der Waals surface area contributed by atoms with Crippen LogP contribution in [-0.4, -0.2) is 22.0 Å². The molecule has 1 N–H and O–H groups in total. The fourth-order valence-electron chi connectivity index (χ4n) is 1.65. The molecule has 0 bridgehead atoms. The molecule has 2 rings (SSSR count). The van der Waals surface area contributed by atoms with Crippen molar-refractivity contribution in [2.24, 2.45) is 0 Å². The van der Waals surface area contributed by atoms with Crippen LogP contribution in [0.1, 0.15) is 17.9 Å². The van der Waals surface area contributed by atoms with Gasteiger partial charge in [-0.15, -0.1) is 0 Å². The topological polar surface area (TPSA) is 63.3 Å². The van der Waals surface area contributed by atoms with Gasteiger partial charge in [0.2, 0.25) is 0 Å². The van der Waals surface area contributed by atoms with Gasteiger partial charge in [0.25, 0.3) is 0 Å². The molecule has 96 valence electrons. The lowest BCUT2D eigenvalue weighted by atomic mass is 10.1. The van der Waals surface area contributed by atoms with Crippen molar-refractivity contribution >= 4 is 17.1 Å². The molecule has 0 aliphatic rings. The number of aliphatic carboxylic acids is 1. The molecular weight excluding hydrogens is 244 g/mol. The fraction of sp³-hybridized carbons (Fsp3) is 0.333. The molecule has 0 atom stereocenters. The summed E-state index contributed by atoms with van der Waals surface area (Å²) in [7, 11) is 0. The van der Waals surface area contributed by atoms with Gasteiger partial charge in [-0.05, 0) is 24.1 Å². The Morgan fingerprint density at radius 1 is 1.50 bits per heavy atom. The molecule has 0 amide bonds. The monoisotopic (exact) mass is 255 g/mol. The molecule has 1 aromatic carbocycles. The summed E-state index contributed by atoms with van der Waals surface area (Å²) >= 11 is 0. The lowest BCUT2D eigenvalue weighted by molar-refractivity contribution is -0.165. The number of aromatic nitrogens is 1. The van der Waals surface area contributed by atoms with Crippen molar-refractivity contribution in [2.75, 3.05) is 0 Å². The van der Waals surface area contributed by atoms with Crippen LogP contribution in [0.4, 0.5) is 8.78 Å². The van der Waals surface area contributed by atoms with Gasteiger partial charge in [0.1, 0.15) is 5.52 Å². The van der Waals surface area contributed by atoms with Crippen LogP contribution in [0.15, 0.2) is 22.6 Å². The van der Waals surface area contributed by atoms with Crippen LogP contribution >= 0.6 is 0 Å². The van der Waals surface area contributed by atoms with E-state index in [1.165, 1.54) is 0 Å². The third kappa shape index (κ3) is 2.47. The SMILES string of the molecule is Cc1nc2cc(CCC(F)(F)C(=O)O)ccc2o1. The third-order valence-corrected chi connectivity index (χ3v) is 2.60. The van der Waals surface area contributed by atoms with Gasteiger partial charge in [0.05, 0.1) is 0 Å². The number of alkyl halides is 2. The molecule has 0 saturated carbocycles. The van der Waals surface area contributed by atoms with Crippen LogP contribution in [0, 0.1) is 6.92 Å². The minimum atomic E-state index is -3.70. The van der Waals surface area contributed by atoms with Crippen molar-refractivity contribution in [3.63, 3.8) is 0 Å². The first-order valence-electron chi connectivity index (χ1n) is 5.36. The summed E-state index contributed by atoms with van der Waals surface area (Å²) in [5.74, 6) is -5.30. The summed E-state index contributed by atoms with van der Waals surface area (Å²) in [5.41, 5.74) is 1.78. The molecule has 2 aromatic rings. The number of hydrogen-bond acceptors (Lipinski definition) is 3. The highest BCUT2D eigenvalue weighted by Gasteiger charge is 2.37. The zero-order chi connectivity index (χ0) is 13.3. The van der Waals surface area contributed by atoms with Crippen molar-refractivity contribution in [3.05, 3.63) is 29.7 Å². The first kappa shape index (κ1) is 12.5. The summed E-state index contributed by atoms with van der Waals surface area (Å²) in [4.78, 5) is 14.4. The number of benzene rings is 1. The van der Waals surface area contributed by atoms with E-state index in [0.29, 0.717) is 22.6 Å². The average Bonchev–Trinajstić information content (AvgIpc) is 2.65. The Balaban J connectivity index is 2.15. The summed E-state index contributed by atoms with van der Waals surface area (Å²) < 4.78 is 31.1. The number of aryl methyl sites for hydroxylation is 2. The number of nitrogens with zero attached hydrogens (tertiary/aromatic N) is 1. The average molecular weight is 255 g/mol. The Hall–Kier alpha value is -1.98. The number of hydrogen-bond donors (Lipinski definition) is 1. The van der Waals surface area contributed by atoms with Crippen LogP contribution < -0.4 is 0 Å². The normalized spacial score (nSPS) is 11.9. The number of fused-ring (bicyclic) bond motifs is 1. The molecule has 6 heteroatoms. The molecule has 0 unspecified atom stereocenters. The summed E-state index contributed by atoms with van der Waals surface area (Å²) in [6.07, 6.45) is -0.758. The first-order valence-corrected chi connectivity index (χ1v) is 5.36. The summed E-state index contributed by atoms with van der Waals surface area (Å²) in [6.45, 7) is 1.69. The third-order valence-electron chi connectivity index (χ3n) is 2.60. The van der Waals surface area contributed by atoms with Gasteiger partial charge >= 0.3 is 11.9 Å². The second-order valence-corrected chi connectivity index (χ2v) is 4.04. The van der Waals surface area contributed by atoms with Gasteiger partial charge in [-0.25, -0.2) is 9.78 Å². The number of carbonyl (C=O) groups is 1. The fourth-order valence-corrected chi connectivity index (χ4v) is 1.65. The maximum atomic E-state index is 12.9. The van der Waals surface area contributed by atoms with Gasteiger partial charge in [0, 0.05) is 13.3 Å². The predicted molar refractivity (Wildman–Crippen MR) is 59.6 cm³/mol. The molecule has 1 aromatic heterocycles. The van der Waals surface area contributed by atoms with Gasteiger partial charge in [-0.2, -0.15) is 8.78 Å². The second-order valence-electron chi connectivity index (χ2n) is 4.04. The maximum Gasteiger partial charge on any atom is 0.374 e. The largest absolute Gasteiger partial charge is 0.477 e. The van der Waals surface area contributed by atoms with Crippen molar-refractivity contribution in [1.29, 1.82) is 0 Å². The lowest BCUT2D eigenvalue weighted by Crippen LogP contribution is -2.28. The Bertz CT molecular complexity index is 592. The molecule has 0 fully saturated rings. The second kappa shape index (κ2) is 4.36. The Kier molecular flexibility index (Phi) is 3.02. The Labute approximate surface area is 101 Å². The van der Waals surface area contributed by atoms with Gasteiger partial charge in [-0.1, -0.05) is 6.07 Å². The van der Waals surface area contributed by atoms with E-state index in [-0.39, 0.29) is 6.42 Å². The zero-order valence-electron chi connectivity index (χ0n) is 9.61. The molecule has 0 aliphatic heterocycles. The van der Waals surface area contributed by atoms with Crippen LogP contribution in [-0.2, 0) is 11.2 Å². The zero-order valence-corrected chi connectivity index (χ0v) is 9.61. The highest BCUT2D eigenvalue weighted by atomic mass is 19.3. The smallest absolute Gasteiger partial charge is 0.374 e. The van der Waals surface area contributed by atoms with Gasteiger partial charge in [-0.3, -0.25) is 0 Å². The first-order chi connectivity index (χ1) is 8.38. The summed E-state index contributed by atoms with van der Waals surface area (Å²) in [6, 6.07) is 4.90. The van der Waals surface area contributed by atoms with E-state index in [1.807, 2.05) is 0 Å². The highest BCUT2D eigenvalue weighted by molar-refractivity contribution is 5.75. The number of halogens is 2. The van der Waals surface area contributed by atoms with Gasteiger partial charge < -0.3 is 9.52 Å². The van der Waals surface area contributed by atoms with E-state index in [0.717, 1.165) is 0 Å². The van der Waals surface area contributed by atoms with Crippen LogP contribution in [0.2, 0.25) is 0 Å². The summed E-state index contributed by atoms with van der Waals surface area (Å²) in [5, 5.41) is 8.32. The molecular formula is C12H11F2NO3. The van der Waals surface area contributed by atoms with Gasteiger partial charge in [0.15, 0.2) is 11.5 Å². The number of rotatable bonds is 4. The molecule has 0 saturated heterocycles. The highest BCUT2D eigenvalue weighted by Crippen LogP contribution is 2.23. The Morgan fingerprint density at radius 2 is 2.22 bits per heavy atom. The number of carboxylic acid groups (broad SMARTS) is 1. The van der Waals surface area contributed by atoms with Crippen molar-refractivity contribution in [2.45, 2.75) is 25.7 Å². The lowest BCUT2D eigenvalue weighted by Gasteiger charge is -2.10. The van der Waals surface area contributed by atoms with E-state index in [1.54, 1.807) is 25.1 Å². The maximum absolute atomic E-state index is 12.9. The van der Waals surface area contributed by atoms with Crippen molar-refractivity contribution < 1.29 is 23.1 Å². The molecule has 18 heavy (non-hydrogen) atoms. The van der Waals surface area contributed by atoms with E-state index in [9.17, 15) is 13.6 Å². The van der Waals surface area contributed by atoms with E-state index in [2.05, 4.69) is 4.98 Å². The van der Waals surface area contributed by atoms with E-state index >= 15 is 0 Å². The number of carboxylic acids is 1. The minimum absolute atomic E-state index is 0.0266. The van der Waals surface area contributed by atoms with Crippen LogP contribution in [0.3, 0.4) is 0 Å². The van der Waals surface area contributed by atoms with Crippen molar-refractivity contribution in [1.82, 2.24) is 4.98 Å². The van der Waals surface area contributed by atoms with Crippen LogP contribution in [0.5, 0.6) is 0 Å². The standard InChI is InChI=1S/C12H11F2NO3/c1-7-15-9-6-8(2-3-10(9)18-7)4-5-12(13,14)11(16)17/h2-3,6H,4-5H2,1H3,(H,16,17). The molecule has 0 spiro atoms. The molecule has 0 aliphatic carbocycles. The predicted octanol–water partition coefficient (Wildman–Crippen LogP) is 2.79. The molecule has 1 heterocycles. The Morgan fingerprint density at radius 3 is 2.89 bits per heavy atom. The van der Waals surface area contributed by atoms with Crippen molar-refractivity contribution in [3.8, 4) is 0 Å². The molecule has 4 nitrogen and oxygen atoms in total. The quantitative estimate of drug-likeness (QED) is 0.912. The van der Waals surface area contributed by atoms with Crippen LogP contribution in [0.25, 0.3) is 11.1 Å². The van der Waals surface area contributed by atoms with E-state index in [4.69, 9.17) is 9.52 Å². The molecule has 0 radical (unpaired) electrons. The number of oxazole rings is 1.